The van der Waals surface area contributed by atoms with Crippen LogP contribution in [0.25, 0.3) is 6.08 Å². The maximum Gasteiger partial charge on any atom is 0.345 e. The van der Waals surface area contributed by atoms with E-state index in [1.807, 2.05) is 0 Å². The van der Waals surface area contributed by atoms with E-state index in [2.05, 4.69) is 4.74 Å². The normalized spacial score (nSPS) is 10.7. The van der Waals surface area contributed by atoms with E-state index in [0.29, 0.717) is 0 Å². The molecule has 0 aliphatic carbocycles. The Hall–Kier alpha value is -2.12. The zero-order chi connectivity index (χ0) is 14.4. The van der Waals surface area contributed by atoms with Gasteiger partial charge in [0, 0.05) is 6.08 Å². The van der Waals surface area contributed by atoms with E-state index >= 15 is 0 Å². The number of rotatable bonds is 5. The van der Waals surface area contributed by atoms with Crippen molar-refractivity contribution in [3.8, 4) is 5.75 Å². The Bertz CT molecular complexity index is 542. The summed E-state index contributed by atoms with van der Waals surface area (Å²) in [5.74, 6) is -0.644. The Labute approximate surface area is 108 Å². The van der Waals surface area contributed by atoms with E-state index in [1.165, 1.54) is 20.3 Å². The van der Waals surface area contributed by atoms with E-state index in [9.17, 15) is 14.7 Å². The SMILES string of the molecule is COC(=O)/C=C/c1oc(=O)c(CO)c(OC)c1CO. The van der Waals surface area contributed by atoms with Crippen LogP contribution < -0.4 is 10.4 Å². The van der Waals surface area contributed by atoms with Gasteiger partial charge in [-0.3, -0.25) is 0 Å². The van der Waals surface area contributed by atoms with Crippen molar-refractivity contribution in [2.45, 2.75) is 13.2 Å². The topological polar surface area (TPSA) is 106 Å². The second-order valence-electron chi connectivity index (χ2n) is 3.42. The summed E-state index contributed by atoms with van der Waals surface area (Å²) in [6.45, 7) is -1.07. The number of methoxy groups -OCH3 is 2. The molecule has 0 saturated heterocycles. The first-order valence-corrected chi connectivity index (χ1v) is 5.29. The van der Waals surface area contributed by atoms with Gasteiger partial charge in [0.15, 0.2) is 0 Å². The Kier molecular flexibility index (Phi) is 5.28. The van der Waals surface area contributed by atoms with Crippen molar-refractivity contribution in [1.82, 2.24) is 0 Å². The lowest BCUT2D eigenvalue weighted by molar-refractivity contribution is -0.134. The molecule has 0 bridgehead atoms. The molecular weight excluding hydrogens is 256 g/mol. The first kappa shape index (κ1) is 14.9. The molecule has 19 heavy (non-hydrogen) atoms. The molecule has 1 aromatic rings. The highest BCUT2D eigenvalue weighted by molar-refractivity contribution is 5.86. The summed E-state index contributed by atoms with van der Waals surface area (Å²) in [7, 11) is 2.49. The van der Waals surface area contributed by atoms with Gasteiger partial charge in [0.25, 0.3) is 0 Å². The lowest BCUT2D eigenvalue weighted by atomic mass is 10.1. The van der Waals surface area contributed by atoms with E-state index < -0.39 is 24.8 Å². The van der Waals surface area contributed by atoms with Gasteiger partial charge in [0.05, 0.1) is 33.0 Å². The number of hydrogen-bond acceptors (Lipinski definition) is 7. The highest BCUT2D eigenvalue weighted by Crippen LogP contribution is 2.25. The third-order valence-corrected chi connectivity index (χ3v) is 2.39. The minimum atomic E-state index is -0.805. The van der Waals surface area contributed by atoms with Crippen LogP contribution in [0.3, 0.4) is 0 Å². The molecule has 0 unspecified atom stereocenters. The molecule has 0 aromatic carbocycles. The van der Waals surface area contributed by atoms with Gasteiger partial charge in [0.1, 0.15) is 17.1 Å². The Morgan fingerprint density at radius 2 is 1.89 bits per heavy atom. The van der Waals surface area contributed by atoms with Crippen LogP contribution in [0.4, 0.5) is 0 Å². The Morgan fingerprint density at radius 1 is 1.26 bits per heavy atom. The minimum absolute atomic E-state index is 0.0331. The average Bonchev–Trinajstić information content (AvgIpc) is 2.43. The van der Waals surface area contributed by atoms with Gasteiger partial charge in [-0.15, -0.1) is 0 Å². The van der Waals surface area contributed by atoms with Gasteiger partial charge in [-0.1, -0.05) is 0 Å². The number of ether oxygens (including phenoxy) is 2. The molecule has 7 heteroatoms. The zero-order valence-corrected chi connectivity index (χ0v) is 10.5. The maximum atomic E-state index is 11.6. The van der Waals surface area contributed by atoms with Crippen molar-refractivity contribution < 1.29 is 28.9 Å². The van der Waals surface area contributed by atoms with Crippen molar-refractivity contribution in [3.63, 3.8) is 0 Å². The molecule has 104 valence electrons. The van der Waals surface area contributed by atoms with Crippen molar-refractivity contribution in [2.75, 3.05) is 14.2 Å². The molecule has 2 N–H and O–H groups in total. The molecule has 0 saturated carbocycles. The molecule has 0 spiro atoms. The highest BCUT2D eigenvalue weighted by Gasteiger charge is 2.18. The predicted molar refractivity (Wildman–Crippen MR) is 64.4 cm³/mol. The highest BCUT2D eigenvalue weighted by atomic mass is 16.5. The van der Waals surface area contributed by atoms with E-state index in [1.54, 1.807) is 0 Å². The number of hydrogen-bond donors (Lipinski definition) is 2. The third-order valence-electron chi connectivity index (χ3n) is 2.39. The summed E-state index contributed by atoms with van der Waals surface area (Å²) < 4.78 is 14.3. The minimum Gasteiger partial charge on any atom is -0.496 e. The fraction of sp³-hybridized carbons (Fsp3) is 0.333. The number of carbonyl (C=O) groups excluding carboxylic acids is 1. The zero-order valence-electron chi connectivity index (χ0n) is 10.5. The van der Waals surface area contributed by atoms with Gasteiger partial charge >= 0.3 is 11.6 Å². The van der Waals surface area contributed by atoms with E-state index in [-0.39, 0.29) is 22.6 Å². The number of carbonyl (C=O) groups is 1. The smallest absolute Gasteiger partial charge is 0.345 e. The standard InChI is InChI=1S/C12H14O7/c1-17-10(15)4-3-9-7(5-13)11(18-2)8(6-14)12(16)19-9/h3-4,13-14H,5-6H2,1-2H3/b4-3+. The quantitative estimate of drug-likeness (QED) is 0.564. The Morgan fingerprint density at radius 3 is 2.37 bits per heavy atom. The van der Waals surface area contributed by atoms with Crippen molar-refractivity contribution in [2.24, 2.45) is 0 Å². The van der Waals surface area contributed by atoms with Crippen LogP contribution in [-0.4, -0.2) is 30.4 Å². The van der Waals surface area contributed by atoms with Gasteiger partial charge in [-0.2, -0.15) is 0 Å². The van der Waals surface area contributed by atoms with Crippen LogP contribution in [0.1, 0.15) is 16.9 Å². The molecule has 7 nitrogen and oxygen atoms in total. The number of aliphatic hydroxyl groups is 2. The summed E-state index contributed by atoms with van der Waals surface area (Å²) in [5.41, 5.74) is -0.742. The monoisotopic (exact) mass is 270 g/mol. The summed E-state index contributed by atoms with van der Waals surface area (Å²) in [4.78, 5) is 22.6. The van der Waals surface area contributed by atoms with Crippen LogP contribution in [0.15, 0.2) is 15.3 Å². The average molecular weight is 270 g/mol. The summed E-state index contributed by atoms with van der Waals surface area (Å²) in [5, 5.41) is 18.4. The molecule has 1 aromatic heterocycles. The maximum absolute atomic E-state index is 11.6. The molecular formula is C12H14O7. The second-order valence-corrected chi connectivity index (χ2v) is 3.42. The molecule has 0 amide bonds. The van der Waals surface area contributed by atoms with E-state index in [0.717, 1.165) is 6.08 Å². The second kappa shape index (κ2) is 6.72. The van der Waals surface area contributed by atoms with E-state index in [4.69, 9.17) is 14.3 Å². The molecule has 0 atom stereocenters. The summed E-state index contributed by atoms with van der Waals surface area (Å²) >= 11 is 0. The van der Waals surface area contributed by atoms with Gasteiger partial charge in [-0.25, -0.2) is 9.59 Å². The summed E-state index contributed by atoms with van der Waals surface area (Å²) in [6.07, 6.45) is 2.22. The number of esters is 1. The molecule has 1 heterocycles. The van der Waals surface area contributed by atoms with Crippen molar-refractivity contribution in [1.29, 1.82) is 0 Å². The van der Waals surface area contributed by atoms with Gasteiger partial charge in [0.2, 0.25) is 0 Å². The van der Waals surface area contributed by atoms with Gasteiger partial charge in [-0.05, 0) is 6.08 Å². The molecule has 0 radical (unpaired) electrons. The van der Waals surface area contributed by atoms with Crippen LogP contribution in [-0.2, 0) is 22.7 Å². The largest absolute Gasteiger partial charge is 0.496 e. The fourth-order valence-corrected chi connectivity index (χ4v) is 1.49. The molecule has 0 fully saturated rings. The number of aliphatic hydroxyl groups excluding tert-OH is 2. The lowest BCUT2D eigenvalue weighted by Gasteiger charge is -2.11. The van der Waals surface area contributed by atoms with Crippen LogP contribution >= 0.6 is 0 Å². The van der Waals surface area contributed by atoms with Crippen molar-refractivity contribution in [3.05, 3.63) is 33.4 Å². The first-order valence-electron chi connectivity index (χ1n) is 5.29. The Balaban J connectivity index is 3.41. The predicted octanol–water partition coefficient (Wildman–Crippen LogP) is -0.181. The molecule has 0 aliphatic heterocycles. The third kappa shape index (κ3) is 3.21. The fourth-order valence-electron chi connectivity index (χ4n) is 1.49. The molecule has 1 rings (SSSR count). The van der Waals surface area contributed by atoms with Crippen LogP contribution in [0.5, 0.6) is 5.75 Å². The van der Waals surface area contributed by atoms with Gasteiger partial charge < -0.3 is 24.1 Å². The summed E-state index contributed by atoms with van der Waals surface area (Å²) in [6, 6.07) is 0. The lowest BCUT2D eigenvalue weighted by Crippen LogP contribution is -2.13. The van der Waals surface area contributed by atoms with Crippen LogP contribution in [0.2, 0.25) is 0 Å². The van der Waals surface area contributed by atoms with Crippen LogP contribution in [0, 0.1) is 0 Å². The molecule has 0 aliphatic rings. The first-order chi connectivity index (χ1) is 9.08. The van der Waals surface area contributed by atoms with Crippen molar-refractivity contribution >= 4 is 12.0 Å².